The quantitative estimate of drug-likeness (QED) is 0.473. The van der Waals surface area contributed by atoms with E-state index in [9.17, 15) is 4.79 Å². The van der Waals surface area contributed by atoms with Crippen LogP contribution in [0.1, 0.15) is 59.8 Å². The summed E-state index contributed by atoms with van der Waals surface area (Å²) in [7, 11) is 0. The molecular formula is C13H24O2. The first-order chi connectivity index (χ1) is 7.05. The van der Waals surface area contributed by atoms with E-state index in [4.69, 9.17) is 4.74 Å². The van der Waals surface area contributed by atoms with Crippen molar-refractivity contribution < 1.29 is 9.53 Å². The van der Waals surface area contributed by atoms with Gasteiger partial charge in [0.05, 0.1) is 0 Å². The molecule has 0 N–H and O–H groups in total. The zero-order chi connectivity index (χ0) is 11.9. The second-order valence-electron chi connectivity index (χ2n) is 3.99. The summed E-state index contributed by atoms with van der Waals surface area (Å²) in [6.45, 7) is 11.9. The lowest BCUT2D eigenvalue weighted by atomic mass is 9.91. The Labute approximate surface area is 93.7 Å². The first-order valence-electron chi connectivity index (χ1n) is 5.96. The highest BCUT2D eigenvalue weighted by Gasteiger charge is 2.29. The predicted octanol–water partition coefficient (Wildman–Crippen LogP) is 3.85. The summed E-state index contributed by atoms with van der Waals surface area (Å²) < 4.78 is 5.59. The Bertz CT molecular complexity index is 215. The third-order valence-electron chi connectivity index (χ3n) is 3.02. The highest BCUT2D eigenvalue weighted by molar-refractivity contribution is 5.87. The Kier molecular flexibility index (Phi) is 6.30. The zero-order valence-corrected chi connectivity index (χ0v) is 10.6. The van der Waals surface area contributed by atoms with Gasteiger partial charge in [0.1, 0.15) is 5.60 Å². The minimum absolute atomic E-state index is 0.227. The number of rotatable bonds is 7. The van der Waals surface area contributed by atoms with Crippen molar-refractivity contribution in [1.82, 2.24) is 0 Å². The molecule has 0 aliphatic carbocycles. The lowest BCUT2D eigenvalue weighted by Crippen LogP contribution is -2.34. The molecule has 2 heteroatoms. The number of carbonyl (C=O) groups excluding carboxylic acids is 1. The summed E-state index contributed by atoms with van der Waals surface area (Å²) in [5.74, 6) is -0.227. The molecule has 88 valence electrons. The van der Waals surface area contributed by atoms with Gasteiger partial charge in [-0.15, -0.1) is 0 Å². The molecule has 0 aliphatic heterocycles. The van der Waals surface area contributed by atoms with Gasteiger partial charge in [-0.2, -0.15) is 0 Å². The molecule has 0 aromatic heterocycles. The molecule has 0 amide bonds. The van der Waals surface area contributed by atoms with E-state index < -0.39 is 0 Å². The molecule has 0 rings (SSSR count). The van der Waals surface area contributed by atoms with Crippen LogP contribution in [0.25, 0.3) is 0 Å². The molecule has 2 nitrogen and oxygen atoms in total. The second kappa shape index (κ2) is 6.65. The van der Waals surface area contributed by atoms with Gasteiger partial charge in [-0.05, 0) is 25.7 Å². The molecule has 0 aromatic carbocycles. The third-order valence-corrected chi connectivity index (χ3v) is 3.02. The minimum atomic E-state index is -0.274. The van der Waals surface area contributed by atoms with Crippen LogP contribution in [0.2, 0.25) is 0 Å². The van der Waals surface area contributed by atoms with Crippen LogP contribution in [0.5, 0.6) is 0 Å². The number of carbonyl (C=O) groups is 1. The molecule has 0 saturated heterocycles. The average Bonchev–Trinajstić information content (AvgIpc) is 2.27. The fourth-order valence-corrected chi connectivity index (χ4v) is 1.67. The van der Waals surface area contributed by atoms with Gasteiger partial charge in [0.15, 0.2) is 0 Å². The van der Waals surface area contributed by atoms with Crippen LogP contribution in [0.3, 0.4) is 0 Å². The Balaban J connectivity index is 4.52. The van der Waals surface area contributed by atoms with E-state index in [1.54, 1.807) is 0 Å². The second-order valence-corrected chi connectivity index (χ2v) is 3.99. The predicted molar refractivity (Wildman–Crippen MR) is 63.7 cm³/mol. The fraction of sp³-hybridized carbons (Fsp3) is 0.769. The number of hydrogen-bond acceptors (Lipinski definition) is 2. The lowest BCUT2D eigenvalue weighted by molar-refractivity contribution is -0.156. The van der Waals surface area contributed by atoms with Crippen LogP contribution in [0, 0.1) is 0 Å². The largest absolute Gasteiger partial charge is 0.456 e. The molecular weight excluding hydrogens is 188 g/mol. The molecule has 0 radical (unpaired) electrons. The molecule has 0 aromatic rings. The SMILES string of the molecule is C=C(CC)C(=O)OC(CC)(CC)CCC. The average molecular weight is 212 g/mol. The maximum Gasteiger partial charge on any atom is 0.333 e. The van der Waals surface area contributed by atoms with Crippen molar-refractivity contribution in [2.75, 3.05) is 0 Å². The topological polar surface area (TPSA) is 26.3 Å². The smallest absolute Gasteiger partial charge is 0.333 e. The van der Waals surface area contributed by atoms with Crippen LogP contribution in [-0.2, 0) is 9.53 Å². The van der Waals surface area contributed by atoms with Crippen LogP contribution in [-0.4, -0.2) is 11.6 Å². The van der Waals surface area contributed by atoms with Gasteiger partial charge in [0.2, 0.25) is 0 Å². The molecule has 0 unspecified atom stereocenters. The van der Waals surface area contributed by atoms with Gasteiger partial charge < -0.3 is 4.74 Å². The van der Waals surface area contributed by atoms with Crippen molar-refractivity contribution >= 4 is 5.97 Å². The number of ether oxygens (including phenoxy) is 1. The maximum absolute atomic E-state index is 11.7. The van der Waals surface area contributed by atoms with E-state index in [1.165, 1.54) is 0 Å². The van der Waals surface area contributed by atoms with E-state index in [1.807, 2.05) is 6.92 Å². The van der Waals surface area contributed by atoms with Crippen molar-refractivity contribution in [3.8, 4) is 0 Å². The van der Waals surface area contributed by atoms with Crippen LogP contribution in [0.15, 0.2) is 12.2 Å². The van der Waals surface area contributed by atoms with E-state index in [0.717, 1.165) is 25.7 Å². The molecule has 0 bridgehead atoms. The number of esters is 1. The Hall–Kier alpha value is -0.790. The Morgan fingerprint density at radius 3 is 2.07 bits per heavy atom. The van der Waals surface area contributed by atoms with Crippen LogP contribution >= 0.6 is 0 Å². The van der Waals surface area contributed by atoms with Gasteiger partial charge in [-0.3, -0.25) is 0 Å². The van der Waals surface area contributed by atoms with Gasteiger partial charge in [0, 0.05) is 5.57 Å². The van der Waals surface area contributed by atoms with E-state index in [0.29, 0.717) is 12.0 Å². The van der Waals surface area contributed by atoms with Crippen molar-refractivity contribution in [1.29, 1.82) is 0 Å². The van der Waals surface area contributed by atoms with E-state index in [2.05, 4.69) is 27.4 Å². The maximum atomic E-state index is 11.7. The summed E-state index contributed by atoms with van der Waals surface area (Å²) in [5.41, 5.74) is 0.293. The van der Waals surface area contributed by atoms with Crippen molar-refractivity contribution in [2.24, 2.45) is 0 Å². The van der Waals surface area contributed by atoms with Crippen LogP contribution in [0.4, 0.5) is 0 Å². The summed E-state index contributed by atoms with van der Waals surface area (Å²) >= 11 is 0. The summed E-state index contributed by atoms with van der Waals surface area (Å²) in [6.07, 6.45) is 4.38. The first kappa shape index (κ1) is 14.2. The van der Waals surface area contributed by atoms with Gasteiger partial charge in [0.25, 0.3) is 0 Å². The zero-order valence-electron chi connectivity index (χ0n) is 10.6. The molecule has 0 saturated carbocycles. The summed E-state index contributed by atoms with van der Waals surface area (Å²) in [5, 5.41) is 0. The molecule has 0 atom stereocenters. The monoisotopic (exact) mass is 212 g/mol. The molecule has 0 spiro atoms. The van der Waals surface area contributed by atoms with E-state index in [-0.39, 0.29) is 11.6 Å². The van der Waals surface area contributed by atoms with Gasteiger partial charge in [-0.25, -0.2) is 4.79 Å². The third kappa shape index (κ3) is 4.06. The van der Waals surface area contributed by atoms with Crippen molar-refractivity contribution in [3.05, 3.63) is 12.2 Å². The lowest BCUT2D eigenvalue weighted by Gasteiger charge is -2.31. The molecule has 0 aliphatic rings. The van der Waals surface area contributed by atoms with Gasteiger partial charge >= 0.3 is 5.97 Å². The van der Waals surface area contributed by atoms with E-state index >= 15 is 0 Å². The van der Waals surface area contributed by atoms with Crippen molar-refractivity contribution in [3.63, 3.8) is 0 Å². The fourth-order valence-electron chi connectivity index (χ4n) is 1.67. The minimum Gasteiger partial charge on any atom is -0.456 e. The van der Waals surface area contributed by atoms with Crippen molar-refractivity contribution in [2.45, 2.75) is 65.4 Å². The standard InChI is InChI=1S/C13H24O2/c1-6-10-13(8-3,9-4)15-12(14)11(5)7-2/h5-10H2,1-4H3. The molecule has 0 fully saturated rings. The normalized spacial score (nSPS) is 11.2. The van der Waals surface area contributed by atoms with Crippen LogP contribution < -0.4 is 0 Å². The van der Waals surface area contributed by atoms with Gasteiger partial charge in [-0.1, -0.05) is 40.7 Å². The summed E-state index contributed by atoms with van der Waals surface area (Å²) in [4.78, 5) is 11.7. The summed E-state index contributed by atoms with van der Waals surface area (Å²) in [6, 6.07) is 0. The molecule has 0 heterocycles. The Morgan fingerprint density at radius 1 is 1.20 bits per heavy atom. The number of hydrogen-bond donors (Lipinski definition) is 0. The highest BCUT2D eigenvalue weighted by atomic mass is 16.6. The Morgan fingerprint density at radius 2 is 1.73 bits per heavy atom. The highest BCUT2D eigenvalue weighted by Crippen LogP contribution is 2.27. The molecule has 15 heavy (non-hydrogen) atoms. The first-order valence-corrected chi connectivity index (χ1v) is 5.96.